The first-order valence-electron chi connectivity index (χ1n) is 6.05. The van der Waals surface area contributed by atoms with Gasteiger partial charge in [0.15, 0.2) is 0 Å². The van der Waals surface area contributed by atoms with Crippen molar-refractivity contribution in [1.29, 1.82) is 0 Å². The van der Waals surface area contributed by atoms with Crippen LogP contribution in [0.4, 0.5) is 0 Å². The highest BCUT2D eigenvalue weighted by Crippen LogP contribution is 2.14. The van der Waals surface area contributed by atoms with Gasteiger partial charge in [0.25, 0.3) is 0 Å². The number of aryl methyl sites for hydroxylation is 1. The minimum atomic E-state index is -0.471. The molecule has 5 heteroatoms. The molecule has 1 rings (SSSR count). The lowest BCUT2D eigenvalue weighted by atomic mass is 9.94. The molecule has 0 spiro atoms. The van der Waals surface area contributed by atoms with E-state index in [1.807, 2.05) is 26.1 Å². The third-order valence-corrected chi connectivity index (χ3v) is 3.19. The van der Waals surface area contributed by atoms with Crippen LogP contribution in [0.3, 0.4) is 0 Å². The molecule has 0 aliphatic rings. The molecule has 0 bridgehead atoms. The molecule has 1 aromatic heterocycles. The second-order valence-corrected chi connectivity index (χ2v) is 4.21. The third-order valence-electron chi connectivity index (χ3n) is 3.19. The molecule has 0 saturated carbocycles. The maximum atomic E-state index is 11.8. The summed E-state index contributed by atoms with van der Waals surface area (Å²) in [5, 5.41) is 16.3. The first-order valence-corrected chi connectivity index (χ1v) is 6.05. The van der Waals surface area contributed by atoms with Gasteiger partial charge in [0.2, 0.25) is 5.91 Å². The second-order valence-electron chi connectivity index (χ2n) is 4.21. The lowest BCUT2D eigenvalue weighted by Crippen LogP contribution is -2.50. The first kappa shape index (κ1) is 13.7. The van der Waals surface area contributed by atoms with Crippen LogP contribution in [-0.4, -0.2) is 32.9 Å². The zero-order chi connectivity index (χ0) is 12.7. The number of rotatable bonds is 7. The summed E-state index contributed by atoms with van der Waals surface area (Å²) >= 11 is 0. The fourth-order valence-corrected chi connectivity index (χ4v) is 1.70. The van der Waals surface area contributed by atoms with Crippen molar-refractivity contribution >= 4 is 5.91 Å². The highest BCUT2D eigenvalue weighted by molar-refractivity contribution is 5.76. The topological polar surface area (TPSA) is 67.2 Å². The van der Waals surface area contributed by atoms with Gasteiger partial charge in [-0.2, -0.15) is 5.10 Å². The van der Waals surface area contributed by atoms with Gasteiger partial charge in [-0.05, 0) is 18.9 Å². The molecule has 0 aliphatic heterocycles. The lowest BCUT2D eigenvalue weighted by molar-refractivity contribution is -0.124. The predicted molar refractivity (Wildman–Crippen MR) is 65.4 cm³/mol. The number of aliphatic hydroxyl groups is 1. The molecule has 96 valence electrons. The fraction of sp³-hybridized carbons (Fsp3) is 0.667. The number of nitrogens with zero attached hydrogens (tertiary/aromatic N) is 2. The summed E-state index contributed by atoms with van der Waals surface area (Å²) in [4.78, 5) is 11.8. The minimum absolute atomic E-state index is 0.0203. The number of aromatic nitrogens is 2. The number of hydrogen-bond acceptors (Lipinski definition) is 3. The van der Waals surface area contributed by atoms with Crippen molar-refractivity contribution in [2.24, 2.45) is 0 Å². The van der Waals surface area contributed by atoms with Gasteiger partial charge in [-0.25, -0.2) is 0 Å². The molecule has 0 aromatic carbocycles. The Labute approximate surface area is 102 Å². The Bertz CT molecular complexity index is 323. The molecule has 0 saturated heterocycles. The maximum absolute atomic E-state index is 11.8. The molecule has 0 radical (unpaired) electrons. The van der Waals surface area contributed by atoms with Crippen LogP contribution < -0.4 is 5.32 Å². The maximum Gasteiger partial charge on any atom is 0.222 e. The average molecular weight is 239 g/mol. The molecule has 17 heavy (non-hydrogen) atoms. The van der Waals surface area contributed by atoms with Crippen LogP contribution in [0.5, 0.6) is 0 Å². The van der Waals surface area contributed by atoms with E-state index in [0.717, 1.165) is 12.8 Å². The van der Waals surface area contributed by atoms with Crippen molar-refractivity contribution in [2.45, 2.75) is 45.2 Å². The Morgan fingerprint density at radius 1 is 1.47 bits per heavy atom. The first-order chi connectivity index (χ1) is 8.15. The van der Waals surface area contributed by atoms with E-state index in [2.05, 4.69) is 10.4 Å². The summed E-state index contributed by atoms with van der Waals surface area (Å²) in [5.74, 6) is -0.0433. The van der Waals surface area contributed by atoms with E-state index in [0.29, 0.717) is 13.0 Å². The summed E-state index contributed by atoms with van der Waals surface area (Å²) in [6.07, 6.45) is 5.35. The summed E-state index contributed by atoms with van der Waals surface area (Å²) in [7, 11) is 0. The van der Waals surface area contributed by atoms with E-state index >= 15 is 0 Å². The molecule has 0 aliphatic carbocycles. The number of hydrogen-bond donors (Lipinski definition) is 2. The molecule has 5 nitrogen and oxygen atoms in total. The summed E-state index contributed by atoms with van der Waals surface area (Å²) in [6.45, 7) is 4.47. The number of carbonyl (C=O) groups is 1. The molecule has 1 heterocycles. The van der Waals surface area contributed by atoms with Gasteiger partial charge in [0.05, 0.1) is 12.1 Å². The highest BCUT2D eigenvalue weighted by atomic mass is 16.3. The Kier molecular flexibility index (Phi) is 5.15. The van der Waals surface area contributed by atoms with E-state index in [9.17, 15) is 9.90 Å². The van der Waals surface area contributed by atoms with Gasteiger partial charge < -0.3 is 10.4 Å². The van der Waals surface area contributed by atoms with Crippen molar-refractivity contribution in [1.82, 2.24) is 15.1 Å². The quantitative estimate of drug-likeness (QED) is 0.744. The zero-order valence-corrected chi connectivity index (χ0v) is 10.5. The molecule has 1 amide bonds. The number of nitrogens with one attached hydrogen (secondary N) is 1. The largest absolute Gasteiger partial charge is 0.394 e. The van der Waals surface area contributed by atoms with Gasteiger partial charge >= 0.3 is 0 Å². The van der Waals surface area contributed by atoms with Crippen LogP contribution in [0.2, 0.25) is 0 Å². The van der Waals surface area contributed by atoms with Gasteiger partial charge in [-0.3, -0.25) is 9.48 Å². The van der Waals surface area contributed by atoms with Crippen molar-refractivity contribution in [3.05, 3.63) is 18.5 Å². The normalized spacial score (nSPS) is 11.5. The Balaban J connectivity index is 2.42. The number of amides is 1. The van der Waals surface area contributed by atoms with Crippen LogP contribution in [-0.2, 0) is 11.3 Å². The standard InChI is InChI=1S/C12H21N3O2/c1-3-12(4-2,10-16)14-11(17)6-9-15-8-5-7-13-15/h5,7-8,16H,3-4,6,9-10H2,1-2H3,(H,14,17). The van der Waals surface area contributed by atoms with E-state index in [1.165, 1.54) is 0 Å². The van der Waals surface area contributed by atoms with Crippen LogP contribution in [0, 0.1) is 0 Å². The third kappa shape index (κ3) is 3.85. The lowest BCUT2D eigenvalue weighted by Gasteiger charge is -2.30. The monoisotopic (exact) mass is 239 g/mol. The van der Waals surface area contributed by atoms with Gasteiger partial charge in [0.1, 0.15) is 0 Å². The number of aliphatic hydroxyl groups excluding tert-OH is 1. The van der Waals surface area contributed by atoms with E-state index in [-0.39, 0.29) is 12.5 Å². The molecule has 0 fully saturated rings. The Morgan fingerprint density at radius 3 is 2.65 bits per heavy atom. The SMILES string of the molecule is CCC(CC)(CO)NC(=O)CCn1cccn1. The van der Waals surface area contributed by atoms with E-state index in [4.69, 9.17) is 0 Å². The van der Waals surface area contributed by atoms with Gasteiger partial charge in [0, 0.05) is 25.4 Å². The summed E-state index contributed by atoms with van der Waals surface area (Å²) < 4.78 is 1.72. The molecule has 2 N–H and O–H groups in total. The van der Waals surface area contributed by atoms with E-state index < -0.39 is 5.54 Å². The molecular formula is C12H21N3O2. The van der Waals surface area contributed by atoms with E-state index in [1.54, 1.807) is 10.9 Å². The van der Waals surface area contributed by atoms with Crippen molar-refractivity contribution in [2.75, 3.05) is 6.61 Å². The average Bonchev–Trinajstić information content (AvgIpc) is 2.87. The van der Waals surface area contributed by atoms with Crippen LogP contribution in [0.25, 0.3) is 0 Å². The van der Waals surface area contributed by atoms with Gasteiger partial charge in [-0.15, -0.1) is 0 Å². The number of carbonyl (C=O) groups excluding carboxylic acids is 1. The smallest absolute Gasteiger partial charge is 0.222 e. The fourth-order valence-electron chi connectivity index (χ4n) is 1.70. The van der Waals surface area contributed by atoms with Crippen LogP contribution >= 0.6 is 0 Å². The second kappa shape index (κ2) is 6.39. The predicted octanol–water partition coefficient (Wildman–Crippen LogP) is 0.940. The molecule has 0 atom stereocenters. The molecule has 1 aromatic rings. The highest BCUT2D eigenvalue weighted by Gasteiger charge is 2.26. The Morgan fingerprint density at radius 2 is 2.18 bits per heavy atom. The van der Waals surface area contributed by atoms with Crippen molar-refractivity contribution in [3.63, 3.8) is 0 Å². The zero-order valence-electron chi connectivity index (χ0n) is 10.5. The Hall–Kier alpha value is -1.36. The van der Waals surface area contributed by atoms with Crippen molar-refractivity contribution in [3.8, 4) is 0 Å². The van der Waals surface area contributed by atoms with Crippen LogP contribution in [0.15, 0.2) is 18.5 Å². The molecule has 0 unspecified atom stereocenters. The van der Waals surface area contributed by atoms with Crippen molar-refractivity contribution < 1.29 is 9.90 Å². The van der Waals surface area contributed by atoms with Crippen LogP contribution in [0.1, 0.15) is 33.1 Å². The summed E-state index contributed by atoms with van der Waals surface area (Å²) in [6, 6.07) is 1.83. The minimum Gasteiger partial charge on any atom is -0.394 e. The molecular weight excluding hydrogens is 218 g/mol. The summed E-state index contributed by atoms with van der Waals surface area (Å²) in [5.41, 5.74) is -0.471. The van der Waals surface area contributed by atoms with Gasteiger partial charge in [-0.1, -0.05) is 13.8 Å².